The van der Waals surface area contributed by atoms with E-state index in [2.05, 4.69) is 0 Å². The summed E-state index contributed by atoms with van der Waals surface area (Å²) in [4.78, 5) is 0. The van der Waals surface area contributed by atoms with Gasteiger partial charge in [0.1, 0.15) is 0 Å². The van der Waals surface area contributed by atoms with Crippen LogP contribution in [0, 0.1) is 23.3 Å². The molecule has 0 unspecified atom stereocenters. The van der Waals surface area contributed by atoms with Gasteiger partial charge in [0.05, 0.1) is 0 Å². The fourth-order valence-electron chi connectivity index (χ4n) is 1.47. The number of halogens is 4. The molecule has 1 rings (SSSR count). The van der Waals surface area contributed by atoms with Crippen LogP contribution in [0.15, 0.2) is 0 Å². The second-order valence-electron chi connectivity index (χ2n) is 4.20. The molecule has 0 atom stereocenters. The van der Waals surface area contributed by atoms with Crippen molar-refractivity contribution >= 4 is 31.4 Å². The Bertz CT molecular complexity index is 481. The Morgan fingerprint density at radius 3 is 1.47 bits per heavy atom. The minimum absolute atomic E-state index is 0.510. The molecule has 0 aliphatic rings. The third-order valence-electron chi connectivity index (χ3n) is 2.20. The molecule has 0 heterocycles. The first kappa shape index (κ1) is 14.8. The molecular weight excluding hydrogens is 318 g/mol. The van der Waals surface area contributed by atoms with Gasteiger partial charge in [-0.25, -0.2) is 0 Å². The Kier molecular flexibility index (Phi) is 4.15. The third-order valence-corrected chi connectivity index (χ3v) is 6.37. The molecule has 1 aromatic rings. The molecule has 0 radical (unpaired) electrons. The van der Waals surface area contributed by atoms with Crippen LogP contribution in [0.4, 0.5) is 17.6 Å². The number of benzene rings is 1. The van der Waals surface area contributed by atoms with Gasteiger partial charge < -0.3 is 0 Å². The molecule has 1 nitrogen and oxygen atoms in total. The zero-order valence-electron chi connectivity index (χ0n) is 9.81. The van der Waals surface area contributed by atoms with E-state index in [1.54, 1.807) is 11.4 Å². The summed E-state index contributed by atoms with van der Waals surface area (Å²) in [6.45, 7) is 2.14. The molecule has 7 heteroatoms. The van der Waals surface area contributed by atoms with Gasteiger partial charge in [0.15, 0.2) is 0 Å². The molecule has 1 aromatic carbocycles. The molecule has 96 valence electrons. The van der Waals surface area contributed by atoms with Crippen molar-refractivity contribution in [3.8, 4) is 0 Å². The Labute approximate surface area is 102 Å². The molecule has 0 saturated carbocycles. The Morgan fingerprint density at radius 2 is 1.24 bits per heavy atom. The predicted molar refractivity (Wildman–Crippen MR) is 62.5 cm³/mol. The standard InChI is InChI=1S/C10H12AsF4OP/c1-11(2)5-6(12)8(14)10(17(3,4)16)9(15)7(5)13/h1-4H3. The zero-order valence-corrected chi connectivity index (χ0v) is 12.6. The van der Waals surface area contributed by atoms with Crippen molar-refractivity contribution in [2.75, 3.05) is 13.3 Å². The second kappa shape index (κ2) is 4.78. The van der Waals surface area contributed by atoms with E-state index in [0.717, 1.165) is 13.3 Å². The summed E-state index contributed by atoms with van der Waals surface area (Å²) in [7, 11) is -3.41. The molecule has 17 heavy (non-hydrogen) atoms. The van der Waals surface area contributed by atoms with Crippen LogP contribution >= 0.6 is 7.14 Å². The van der Waals surface area contributed by atoms with Crippen LogP contribution < -0.4 is 9.66 Å². The van der Waals surface area contributed by atoms with Gasteiger partial charge >= 0.3 is 102 Å². The first-order valence-electron chi connectivity index (χ1n) is 4.67. The molecule has 0 saturated heterocycles. The summed E-state index contributed by atoms with van der Waals surface area (Å²) in [6, 6.07) is 0. The van der Waals surface area contributed by atoms with Crippen LogP contribution in [-0.2, 0) is 4.57 Å². The van der Waals surface area contributed by atoms with Crippen molar-refractivity contribution < 1.29 is 22.1 Å². The van der Waals surface area contributed by atoms with Crippen LogP contribution in [0.2, 0.25) is 11.4 Å². The van der Waals surface area contributed by atoms with E-state index in [-0.39, 0.29) is 0 Å². The summed E-state index contributed by atoms with van der Waals surface area (Å²) < 4.78 is 65.6. The number of hydrogen-bond donors (Lipinski definition) is 0. The fraction of sp³-hybridized carbons (Fsp3) is 0.400. The predicted octanol–water partition coefficient (Wildman–Crippen LogP) is 2.45. The Morgan fingerprint density at radius 1 is 0.882 bits per heavy atom. The fourth-order valence-corrected chi connectivity index (χ4v) is 4.68. The average molecular weight is 330 g/mol. The van der Waals surface area contributed by atoms with E-state index in [1.165, 1.54) is 0 Å². The quantitative estimate of drug-likeness (QED) is 0.352. The number of rotatable bonds is 2. The van der Waals surface area contributed by atoms with Gasteiger partial charge in [-0.15, -0.1) is 0 Å². The molecule has 0 aliphatic carbocycles. The van der Waals surface area contributed by atoms with E-state index >= 15 is 0 Å². The van der Waals surface area contributed by atoms with Crippen molar-refractivity contribution in [3.05, 3.63) is 23.3 Å². The van der Waals surface area contributed by atoms with Crippen LogP contribution in [0.5, 0.6) is 0 Å². The van der Waals surface area contributed by atoms with Gasteiger partial charge in [0.25, 0.3) is 0 Å². The van der Waals surface area contributed by atoms with E-state index in [4.69, 9.17) is 0 Å². The van der Waals surface area contributed by atoms with Gasteiger partial charge in [-0.2, -0.15) is 0 Å². The van der Waals surface area contributed by atoms with Gasteiger partial charge in [-0.1, -0.05) is 0 Å². The first-order chi connectivity index (χ1) is 7.59. The van der Waals surface area contributed by atoms with Crippen LogP contribution in [0.3, 0.4) is 0 Å². The van der Waals surface area contributed by atoms with Gasteiger partial charge in [-0.05, 0) is 0 Å². The number of hydrogen-bond acceptors (Lipinski definition) is 1. The summed E-state index contributed by atoms with van der Waals surface area (Å²) in [5, 5.41) is -0.966. The molecule has 0 spiro atoms. The monoisotopic (exact) mass is 330 g/mol. The second-order valence-corrected chi connectivity index (χ2v) is 12.0. The van der Waals surface area contributed by atoms with Gasteiger partial charge in [0, 0.05) is 0 Å². The van der Waals surface area contributed by atoms with Crippen molar-refractivity contribution in [1.29, 1.82) is 0 Å². The maximum atomic E-state index is 13.6. The van der Waals surface area contributed by atoms with Crippen molar-refractivity contribution in [2.24, 2.45) is 0 Å². The van der Waals surface area contributed by atoms with Crippen LogP contribution in [-0.4, -0.2) is 28.0 Å². The molecule has 0 aromatic heterocycles. The normalized spacial score (nSPS) is 12.3. The molecule has 0 bridgehead atoms. The van der Waals surface area contributed by atoms with Crippen molar-refractivity contribution in [3.63, 3.8) is 0 Å². The van der Waals surface area contributed by atoms with Gasteiger partial charge in [-0.3, -0.25) is 0 Å². The van der Waals surface area contributed by atoms with Gasteiger partial charge in [0.2, 0.25) is 0 Å². The topological polar surface area (TPSA) is 17.1 Å². The summed E-state index contributed by atoms with van der Waals surface area (Å²) >= 11 is -2.13. The average Bonchev–Trinajstić information content (AvgIpc) is 2.12. The SMILES string of the molecule is C[As](C)c1c(F)c(F)c(P(C)(C)=O)c(F)c1F. The first-order valence-corrected chi connectivity index (χ1v) is 12.0. The minimum atomic E-state index is -3.41. The van der Waals surface area contributed by atoms with Crippen LogP contribution in [0.1, 0.15) is 0 Å². The van der Waals surface area contributed by atoms with Crippen molar-refractivity contribution in [2.45, 2.75) is 11.4 Å². The summed E-state index contributed by atoms with van der Waals surface area (Å²) in [6.07, 6.45) is 0. The molecular formula is C10H12AsF4OP. The third kappa shape index (κ3) is 2.61. The van der Waals surface area contributed by atoms with E-state index in [9.17, 15) is 22.1 Å². The molecule has 0 N–H and O–H groups in total. The van der Waals surface area contributed by atoms with E-state index < -0.39 is 54.7 Å². The van der Waals surface area contributed by atoms with E-state index in [1.807, 2.05) is 0 Å². The molecule has 0 amide bonds. The van der Waals surface area contributed by atoms with E-state index in [0.29, 0.717) is 0 Å². The Hall–Kier alpha value is -0.272. The summed E-state index contributed by atoms with van der Waals surface area (Å²) in [5.41, 5.74) is 3.12. The Balaban J connectivity index is 3.78. The van der Waals surface area contributed by atoms with Crippen LogP contribution in [0.25, 0.3) is 0 Å². The molecule has 0 aliphatic heterocycles. The maximum absolute atomic E-state index is 13.6. The zero-order chi connectivity index (χ0) is 13.5. The summed E-state index contributed by atoms with van der Waals surface area (Å²) in [5.74, 6) is -5.83. The molecule has 0 fully saturated rings. The van der Waals surface area contributed by atoms with Crippen molar-refractivity contribution in [1.82, 2.24) is 0 Å².